The molecule has 1 rings (SSSR count). The Morgan fingerprint density at radius 1 is 1.50 bits per heavy atom. The highest BCUT2D eigenvalue weighted by Gasteiger charge is 1.99. The Hall–Kier alpha value is -1.09. The van der Waals surface area contributed by atoms with Crippen LogP contribution in [0.3, 0.4) is 0 Å². The second-order valence-corrected chi connectivity index (χ2v) is 2.81. The van der Waals surface area contributed by atoms with E-state index in [0.29, 0.717) is 0 Å². The minimum Gasteiger partial charge on any atom is -0.313 e. The van der Waals surface area contributed by atoms with Crippen molar-refractivity contribution < 1.29 is 0 Å². The number of pyridine rings is 1. The van der Waals surface area contributed by atoms with E-state index in [-0.39, 0.29) is 12.2 Å². The van der Waals surface area contributed by atoms with Gasteiger partial charge in [-0.05, 0) is 25.0 Å². The highest BCUT2D eigenvalue weighted by atomic mass is 16.1. The average molecular weight is 166 g/mol. The summed E-state index contributed by atoms with van der Waals surface area (Å²) in [6.45, 7) is 4.18. The molecular formula is C9H14N2O. The Kier molecular flexibility index (Phi) is 2.65. The van der Waals surface area contributed by atoms with Gasteiger partial charge in [0.05, 0.1) is 6.67 Å². The molecule has 0 fully saturated rings. The summed E-state index contributed by atoms with van der Waals surface area (Å²) in [6, 6.07) is 3.63. The molecule has 0 radical (unpaired) electrons. The molecular weight excluding hydrogens is 152 g/mol. The van der Waals surface area contributed by atoms with Gasteiger partial charge in [0, 0.05) is 11.8 Å². The highest BCUT2D eigenvalue weighted by Crippen LogP contribution is 2.00. The average Bonchev–Trinajstić information content (AvgIpc) is 2.03. The molecule has 0 saturated heterocycles. The molecule has 0 bridgehead atoms. The van der Waals surface area contributed by atoms with E-state index in [4.69, 9.17) is 5.73 Å². The van der Waals surface area contributed by atoms with Crippen LogP contribution in [0.2, 0.25) is 0 Å². The van der Waals surface area contributed by atoms with Crippen LogP contribution < -0.4 is 11.3 Å². The van der Waals surface area contributed by atoms with Crippen LogP contribution in [0.1, 0.15) is 18.2 Å². The summed E-state index contributed by atoms with van der Waals surface area (Å²) in [4.78, 5) is 11.3. The SMILES string of the molecule is CCc1cc(C)n(CN)c(=O)c1. The zero-order valence-electron chi connectivity index (χ0n) is 7.50. The third-order valence-corrected chi connectivity index (χ3v) is 1.99. The van der Waals surface area contributed by atoms with E-state index in [2.05, 4.69) is 0 Å². The molecule has 3 nitrogen and oxygen atoms in total. The molecule has 0 spiro atoms. The summed E-state index contributed by atoms with van der Waals surface area (Å²) >= 11 is 0. The van der Waals surface area contributed by atoms with Crippen molar-refractivity contribution in [1.82, 2.24) is 4.57 Å². The predicted octanol–water partition coefficient (Wildman–Crippen LogP) is 0.635. The lowest BCUT2D eigenvalue weighted by Crippen LogP contribution is -2.25. The fraction of sp³-hybridized carbons (Fsp3) is 0.444. The third kappa shape index (κ3) is 1.56. The molecule has 0 aliphatic heterocycles. The molecule has 3 heteroatoms. The fourth-order valence-electron chi connectivity index (χ4n) is 1.24. The molecule has 12 heavy (non-hydrogen) atoms. The van der Waals surface area contributed by atoms with Crippen LogP contribution in [0, 0.1) is 6.92 Å². The molecule has 2 N–H and O–H groups in total. The third-order valence-electron chi connectivity index (χ3n) is 1.99. The first-order valence-electron chi connectivity index (χ1n) is 4.09. The predicted molar refractivity (Wildman–Crippen MR) is 49.0 cm³/mol. The van der Waals surface area contributed by atoms with Crippen LogP contribution in [-0.2, 0) is 13.1 Å². The number of aryl methyl sites for hydroxylation is 2. The first-order chi connectivity index (χ1) is 5.69. The van der Waals surface area contributed by atoms with Gasteiger partial charge in [0.15, 0.2) is 0 Å². The lowest BCUT2D eigenvalue weighted by molar-refractivity contribution is 0.673. The van der Waals surface area contributed by atoms with Gasteiger partial charge in [-0.15, -0.1) is 0 Å². The van der Waals surface area contributed by atoms with Gasteiger partial charge in [-0.25, -0.2) is 0 Å². The minimum absolute atomic E-state index is 0.00523. The van der Waals surface area contributed by atoms with Gasteiger partial charge in [0.2, 0.25) is 0 Å². The molecule has 66 valence electrons. The first kappa shape index (κ1) is 9.00. The quantitative estimate of drug-likeness (QED) is 0.700. The van der Waals surface area contributed by atoms with Gasteiger partial charge < -0.3 is 5.73 Å². The summed E-state index contributed by atoms with van der Waals surface area (Å²) in [5.41, 5.74) is 7.40. The van der Waals surface area contributed by atoms with Gasteiger partial charge in [0.25, 0.3) is 5.56 Å². The molecule has 0 aliphatic rings. The van der Waals surface area contributed by atoms with E-state index < -0.39 is 0 Å². The lowest BCUT2D eigenvalue weighted by Gasteiger charge is -2.07. The van der Waals surface area contributed by atoms with Crippen LogP contribution >= 0.6 is 0 Å². The number of hydrogen-bond acceptors (Lipinski definition) is 2. The van der Waals surface area contributed by atoms with E-state index in [9.17, 15) is 4.79 Å². The van der Waals surface area contributed by atoms with Gasteiger partial charge >= 0.3 is 0 Å². The van der Waals surface area contributed by atoms with Crippen molar-refractivity contribution in [1.29, 1.82) is 0 Å². The molecule has 0 amide bonds. The highest BCUT2D eigenvalue weighted by molar-refractivity contribution is 5.16. The second kappa shape index (κ2) is 3.54. The second-order valence-electron chi connectivity index (χ2n) is 2.81. The molecule has 1 heterocycles. The van der Waals surface area contributed by atoms with Crippen LogP contribution in [-0.4, -0.2) is 4.57 Å². The normalized spacial score (nSPS) is 10.2. The summed E-state index contributed by atoms with van der Waals surface area (Å²) < 4.78 is 1.55. The first-order valence-corrected chi connectivity index (χ1v) is 4.09. The van der Waals surface area contributed by atoms with Crippen LogP contribution in [0.4, 0.5) is 0 Å². The summed E-state index contributed by atoms with van der Waals surface area (Å²) in [5, 5.41) is 0. The minimum atomic E-state index is -0.00523. The van der Waals surface area contributed by atoms with Crippen molar-refractivity contribution in [3.63, 3.8) is 0 Å². The molecule has 0 aromatic carbocycles. The number of rotatable bonds is 2. The largest absolute Gasteiger partial charge is 0.313 e. The van der Waals surface area contributed by atoms with Crippen LogP contribution in [0.15, 0.2) is 16.9 Å². The zero-order chi connectivity index (χ0) is 9.14. The van der Waals surface area contributed by atoms with E-state index >= 15 is 0 Å². The topological polar surface area (TPSA) is 48.0 Å². The number of nitrogens with two attached hydrogens (primary N) is 1. The maximum atomic E-state index is 11.3. The smallest absolute Gasteiger partial charge is 0.252 e. The number of hydrogen-bond donors (Lipinski definition) is 1. The zero-order valence-corrected chi connectivity index (χ0v) is 7.50. The monoisotopic (exact) mass is 166 g/mol. The lowest BCUT2D eigenvalue weighted by atomic mass is 10.2. The molecule has 1 aromatic heterocycles. The summed E-state index contributed by atoms with van der Waals surface area (Å²) in [5.74, 6) is 0. The van der Waals surface area contributed by atoms with Gasteiger partial charge in [0.1, 0.15) is 0 Å². The fourth-order valence-corrected chi connectivity index (χ4v) is 1.24. The van der Waals surface area contributed by atoms with Crippen LogP contribution in [0.25, 0.3) is 0 Å². The molecule has 0 aliphatic carbocycles. The van der Waals surface area contributed by atoms with E-state index in [1.165, 1.54) is 0 Å². The molecule has 0 atom stereocenters. The Labute approximate surface area is 71.8 Å². The van der Waals surface area contributed by atoms with Crippen molar-refractivity contribution in [2.75, 3.05) is 0 Å². The Balaban J connectivity index is 3.28. The maximum Gasteiger partial charge on any atom is 0.252 e. The van der Waals surface area contributed by atoms with Crippen molar-refractivity contribution in [2.24, 2.45) is 5.73 Å². The van der Waals surface area contributed by atoms with Gasteiger partial charge in [-0.2, -0.15) is 0 Å². The van der Waals surface area contributed by atoms with E-state index in [0.717, 1.165) is 17.7 Å². The Morgan fingerprint density at radius 3 is 2.58 bits per heavy atom. The van der Waals surface area contributed by atoms with Crippen molar-refractivity contribution in [3.05, 3.63) is 33.7 Å². The van der Waals surface area contributed by atoms with Crippen molar-refractivity contribution >= 4 is 0 Å². The summed E-state index contributed by atoms with van der Waals surface area (Å²) in [6.07, 6.45) is 0.890. The van der Waals surface area contributed by atoms with Gasteiger partial charge in [-0.1, -0.05) is 6.92 Å². The standard InChI is InChI=1S/C9H14N2O/c1-3-8-4-7(2)11(6-10)9(12)5-8/h4-5H,3,6,10H2,1-2H3. The van der Waals surface area contributed by atoms with Crippen molar-refractivity contribution in [3.8, 4) is 0 Å². The molecule has 0 saturated carbocycles. The maximum absolute atomic E-state index is 11.3. The Morgan fingerprint density at radius 2 is 2.17 bits per heavy atom. The van der Waals surface area contributed by atoms with Crippen molar-refractivity contribution in [2.45, 2.75) is 26.9 Å². The Bertz CT molecular complexity index is 328. The van der Waals surface area contributed by atoms with E-state index in [1.807, 2.05) is 19.9 Å². The molecule has 1 aromatic rings. The number of nitrogens with zero attached hydrogens (tertiary/aromatic N) is 1. The van der Waals surface area contributed by atoms with Gasteiger partial charge in [-0.3, -0.25) is 9.36 Å². The number of aromatic nitrogens is 1. The molecule has 0 unspecified atom stereocenters. The summed E-state index contributed by atoms with van der Waals surface area (Å²) in [7, 11) is 0. The van der Waals surface area contributed by atoms with Crippen LogP contribution in [0.5, 0.6) is 0 Å². The van der Waals surface area contributed by atoms with E-state index in [1.54, 1.807) is 10.6 Å².